The third kappa shape index (κ3) is 2.15. The van der Waals surface area contributed by atoms with Crippen LogP contribution in [-0.4, -0.2) is 30.4 Å². The molecule has 3 atom stereocenters. The summed E-state index contributed by atoms with van der Waals surface area (Å²) in [7, 11) is -4.26. The standard InChI is InChI=1S/C6H12FNO3S/c7-5-2-1-4(8)3-6(5)12(9,10)11/h4-6H,1-3,8H2,(H,9,10,11). The molecule has 1 aliphatic carbocycles. The van der Waals surface area contributed by atoms with Crippen LogP contribution in [0.5, 0.6) is 0 Å². The maximum atomic E-state index is 12.9. The fourth-order valence-corrected chi connectivity index (χ4v) is 2.43. The van der Waals surface area contributed by atoms with Gasteiger partial charge in [-0.1, -0.05) is 0 Å². The van der Waals surface area contributed by atoms with Crippen LogP contribution in [0.2, 0.25) is 0 Å². The van der Waals surface area contributed by atoms with Gasteiger partial charge in [-0.05, 0) is 19.3 Å². The normalized spacial score (nSPS) is 38.1. The van der Waals surface area contributed by atoms with Crippen LogP contribution < -0.4 is 5.73 Å². The number of halogens is 1. The van der Waals surface area contributed by atoms with Crippen molar-refractivity contribution >= 4 is 10.1 Å². The molecule has 0 radical (unpaired) electrons. The van der Waals surface area contributed by atoms with Crippen molar-refractivity contribution in [3.8, 4) is 0 Å². The first-order valence-electron chi connectivity index (χ1n) is 3.77. The molecule has 6 heteroatoms. The maximum absolute atomic E-state index is 12.9. The Morgan fingerprint density at radius 3 is 2.42 bits per heavy atom. The Morgan fingerprint density at radius 2 is 2.00 bits per heavy atom. The minimum Gasteiger partial charge on any atom is -0.328 e. The first-order chi connectivity index (χ1) is 5.41. The molecule has 1 aliphatic rings. The Hall–Kier alpha value is -0.200. The molecule has 1 fully saturated rings. The van der Waals surface area contributed by atoms with E-state index in [-0.39, 0.29) is 18.9 Å². The zero-order valence-corrected chi connectivity index (χ0v) is 7.30. The highest BCUT2D eigenvalue weighted by molar-refractivity contribution is 7.86. The van der Waals surface area contributed by atoms with Crippen molar-refractivity contribution < 1.29 is 17.4 Å². The van der Waals surface area contributed by atoms with Crippen LogP contribution in [0.1, 0.15) is 19.3 Å². The van der Waals surface area contributed by atoms with E-state index in [1.165, 1.54) is 0 Å². The number of hydrogen-bond acceptors (Lipinski definition) is 3. The molecular formula is C6H12FNO3S. The van der Waals surface area contributed by atoms with Crippen molar-refractivity contribution in [2.45, 2.75) is 36.7 Å². The Bertz CT molecular complexity index is 254. The third-order valence-corrected chi connectivity index (χ3v) is 3.39. The highest BCUT2D eigenvalue weighted by atomic mass is 32.2. The van der Waals surface area contributed by atoms with Crippen LogP contribution in [0.25, 0.3) is 0 Å². The maximum Gasteiger partial charge on any atom is 0.270 e. The van der Waals surface area contributed by atoms with Gasteiger partial charge in [-0.2, -0.15) is 8.42 Å². The summed E-state index contributed by atoms with van der Waals surface area (Å²) in [6, 6.07) is -0.316. The molecule has 0 aromatic rings. The van der Waals surface area contributed by atoms with Gasteiger partial charge in [0.2, 0.25) is 0 Å². The van der Waals surface area contributed by atoms with Crippen LogP contribution >= 0.6 is 0 Å². The van der Waals surface area contributed by atoms with Crippen LogP contribution in [-0.2, 0) is 10.1 Å². The van der Waals surface area contributed by atoms with Gasteiger partial charge in [-0.25, -0.2) is 4.39 Å². The lowest BCUT2D eigenvalue weighted by Gasteiger charge is -2.27. The minimum atomic E-state index is -4.26. The van der Waals surface area contributed by atoms with Gasteiger partial charge >= 0.3 is 0 Å². The lowest BCUT2D eigenvalue weighted by Crippen LogP contribution is -2.42. The molecule has 0 heterocycles. The lowest BCUT2D eigenvalue weighted by molar-refractivity contribution is 0.231. The average molecular weight is 197 g/mol. The fourth-order valence-electron chi connectivity index (χ4n) is 1.43. The van der Waals surface area contributed by atoms with Crippen molar-refractivity contribution in [1.82, 2.24) is 0 Å². The lowest BCUT2D eigenvalue weighted by atomic mass is 9.94. The number of hydrogen-bond donors (Lipinski definition) is 2. The van der Waals surface area contributed by atoms with Crippen LogP contribution in [0, 0.1) is 0 Å². The molecule has 3 unspecified atom stereocenters. The summed E-state index contributed by atoms with van der Waals surface area (Å²) in [4.78, 5) is 0. The number of nitrogens with two attached hydrogens (primary N) is 1. The molecule has 0 bridgehead atoms. The summed E-state index contributed by atoms with van der Waals surface area (Å²) in [6.45, 7) is 0. The van der Waals surface area contributed by atoms with E-state index < -0.39 is 21.5 Å². The number of rotatable bonds is 1. The van der Waals surface area contributed by atoms with Gasteiger partial charge in [0.05, 0.1) is 0 Å². The SMILES string of the molecule is NC1CCC(F)C(S(=O)(=O)O)C1. The van der Waals surface area contributed by atoms with E-state index in [2.05, 4.69) is 0 Å². The molecule has 12 heavy (non-hydrogen) atoms. The first-order valence-corrected chi connectivity index (χ1v) is 5.27. The Labute approximate surface area is 70.7 Å². The van der Waals surface area contributed by atoms with E-state index in [0.29, 0.717) is 6.42 Å². The topological polar surface area (TPSA) is 80.4 Å². The minimum absolute atomic E-state index is 0.0139. The van der Waals surface area contributed by atoms with Crippen molar-refractivity contribution in [3.63, 3.8) is 0 Å². The molecule has 0 saturated heterocycles. The summed E-state index contributed by atoms with van der Waals surface area (Å²) >= 11 is 0. The van der Waals surface area contributed by atoms with Crippen LogP contribution in [0.4, 0.5) is 4.39 Å². The summed E-state index contributed by atoms with van der Waals surface area (Å²) in [6.07, 6.45) is -0.862. The molecule has 3 N–H and O–H groups in total. The molecule has 1 saturated carbocycles. The van der Waals surface area contributed by atoms with Gasteiger partial charge < -0.3 is 5.73 Å². The Morgan fingerprint density at radius 1 is 1.42 bits per heavy atom. The van der Waals surface area contributed by atoms with Gasteiger partial charge in [0.25, 0.3) is 10.1 Å². The van der Waals surface area contributed by atoms with Crippen molar-refractivity contribution in [3.05, 3.63) is 0 Å². The summed E-state index contributed by atoms with van der Waals surface area (Å²) in [5.41, 5.74) is 5.44. The van der Waals surface area contributed by atoms with E-state index in [4.69, 9.17) is 10.3 Å². The molecule has 0 aromatic heterocycles. The number of alkyl halides is 1. The van der Waals surface area contributed by atoms with Gasteiger partial charge in [-0.15, -0.1) is 0 Å². The Balaban J connectivity index is 2.74. The molecule has 72 valence electrons. The van der Waals surface area contributed by atoms with Crippen LogP contribution in [0.3, 0.4) is 0 Å². The van der Waals surface area contributed by atoms with E-state index >= 15 is 0 Å². The van der Waals surface area contributed by atoms with Crippen LogP contribution in [0.15, 0.2) is 0 Å². The average Bonchev–Trinajstić information content (AvgIpc) is 1.92. The monoisotopic (exact) mass is 197 g/mol. The highest BCUT2D eigenvalue weighted by Crippen LogP contribution is 2.25. The third-order valence-electron chi connectivity index (χ3n) is 2.13. The first kappa shape index (κ1) is 9.88. The second-order valence-electron chi connectivity index (χ2n) is 3.14. The van der Waals surface area contributed by atoms with Gasteiger partial charge in [0.1, 0.15) is 11.4 Å². The molecule has 0 aromatic carbocycles. The van der Waals surface area contributed by atoms with Crippen molar-refractivity contribution in [1.29, 1.82) is 0 Å². The smallest absolute Gasteiger partial charge is 0.270 e. The molecule has 0 aliphatic heterocycles. The van der Waals surface area contributed by atoms with Crippen molar-refractivity contribution in [2.75, 3.05) is 0 Å². The largest absolute Gasteiger partial charge is 0.328 e. The summed E-state index contributed by atoms with van der Waals surface area (Å²) < 4.78 is 42.7. The predicted octanol–water partition coefficient (Wildman–Crippen LogP) is 0.0921. The van der Waals surface area contributed by atoms with Crippen molar-refractivity contribution in [2.24, 2.45) is 5.73 Å². The quantitative estimate of drug-likeness (QED) is 0.584. The highest BCUT2D eigenvalue weighted by Gasteiger charge is 2.37. The Kier molecular flexibility index (Phi) is 2.70. The van der Waals surface area contributed by atoms with Gasteiger partial charge in [-0.3, -0.25) is 4.55 Å². The van der Waals surface area contributed by atoms with Gasteiger partial charge in [0, 0.05) is 6.04 Å². The predicted molar refractivity (Wildman–Crippen MR) is 42.1 cm³/mol. The zero-order chi connectivity index (χ0) is 9.35. The zero-order valence-electron chi connectivity index (χ0n) is 6.48. The van der Waals surface area contributed by atoms with E-state index in [0.717, 1.165) is 0 Å². The molecule has 0 amide bonds. The summed E-state index contributed by atoms with van der Waals surface area (Å²) in [5.74, 6) is 0. The molecule has 0 spiro atoms. The molecule has 1 rings (SSSR count). The van der Waals surface area contributed by atoms with Gasteiger partial charge in [0.15, 0.2) is 0 Å². The fraction of sp³-hybridized carbons (Fsp3) is 1.00. The van der Waals surface area contributed by atoms with E-state index in [9.17, 15) is 12.8 Å². The van der Waals surface area contributed by atoms with E-state index in [1.54, 1.807) is 0 Å². The summed E-state index contributed by atoms with van der Waals surface area (Å²) in [5, 5.41) is -1.32. The molecule has 4 nitrogen and oxygen atoms in total. The second-order valence-corrected chi connectivity index (χ2v) is 4.78. The van der Waals surface area contributed by atoms with E-state index in [1.807, 2.05) is 0 Å². The molecular weight excluding hydrogens is 185 g/mol. The second kappa shape index (κ2) is 3.27.